The number of imidazole rings is 1. The SMILES string of the molecule is Cc1cnc2c(c1)c(=O)n(C1CCC(NC(=O)c3cn4c(n3)CCCC4)CC1)c(=O)n2C1CCSCC1. The van der Waals surface area contributed by atoms with E-state index < -0.39 is 0 Å². The second-order valence-electron chi connectivity index (χ2n) is 10.7. The third-order valence-corrected chi connectivity index (χ3v) is 9.24. The van der Waals surface area contributed by atoms with Crippen LogP contribution in [0.25, 0.3) is 11.0 Å². The maximum Gasteiger partial charge on any atom is 0.333 e. The molecule has 196 valence electrons. The van der Waals surface area contributed by atoms with Gasteiger partial charge in [0.1, 0.15) is 17.2 Å². The van der Waals surface area contributed by atoms with Crippen LogP contribution >= 0.6 is 11.8 Å². The standard InChI is InChI=1S/C27H34N6O3S/c1-17-14-21-24(28-15-17)32(20-9-12-37-13-10-20)27(36)33(26(21)35)19-7-5-18(6-8-19)29-25(34)22-16-31-11-3-2-4-23(31)30-22/h14-16,18-20H,2-13H2,1H3,(H,29,34). The number of carbonyl (C=O) groups is 1. The van der Waals surface area contributed by atoms with Gasteiger partial charge in [-0.15, -0.1) is 0 Å². The van der Waals surface area contributed by atoms with Crippen LogP contribution < -0.4 is 16.6 Å². The Kier molecular flexibility index (Phi) is 6.69. The van der Waals surface area contributed by atoms with Crippen LogP contribution in [0.1, 0.15) is 85.3 Å². The number of aromatic nitrogens is 5. The first-order valence-electron chi connectivity index (χ1n) is 13.6. The first-order valence-corrected chi connectivity index (χ1v) is 14.7. The predicted octanol–water partition coefficient (Wildman–Crippen LogP) is 3.38. The lowest BCUT2D eigenvalue weighted by Crippen LogP contribution is -2.46. The fourth-order valence-electron chi connectivity index (χ4n) is 6.19. The van der Waals surface area contributed by atoms with Crippen LogP contribution in [-0.4, -0.2) is 47.1 Å². The minimum absolute atomic E-state index is 0.0140. The number of pyridine rings is 1. The topological polar surface area (TPSA) is 104 Å². The molecular formula is C27H34N6O3S. The highest BCUT2D eigenvalue weighted by Crippen LogP contribution is 2.30. The van der Waals surface area contributed by atoms with Crippen molar-refractivity contribution in [3.05, 3.63) is 56.4 Å². The summed E-state index contributed by atoms with van der Waals surface area (Å²) in [5, 5.41) is 3.67. The molecule has 37 heavy (non-hydrogen) atoms. The van der Waals surface area contributed by atoms with E-state index in [1.165, 1.54) is 4.57 Å². The molecule has 0 radical (unpaired) electrons. The normalized spacial score (nSPS) is 22.6. The Morgan fingerprint density at radius 2 is 1.78 bits per heavy atom. The van der Waals surface area contributed by atoms with Crippen LogP contribution in [0.4, 0.5) is 0 Å². The smallest absolute Gasteiger partial charge is 0.333 e. The molecule has 0 spiro atoms. The highest BCUT2D eigenvalue weighted by molar-refractivity contribution is 7.99. The highest BCUT2D eigenvalue weighted by atomic mass is 32.2. The highest BCUT2D eigenvalue weighted by Gasteiger charge is 2.30. The van der Waals surface area contributed by atoms with Crippen LogP contribution in [0.2, 0.25) is 0 Å². The molecule has 1 saturated heterocycles. The average molecular weight is 523 g/mol. The van der Waals surface area contributed by atoms with Gasteiger partial charge in [0.2, 0.25) is 0 Å². The van der Waals surface area contributed by atoms with E-state index in [4.69, 9.17) is 0 Å². The Bertz CT molecular complexity index is 1420. The van der Waals surface area contributed by atoms with Crippen molar-refractivity contribution in [1.82, 2.24) is 29.0 Å². The number of hydrogen-bond donors (Lipinski definition) is 1. The minimum atomic E-state index is -0.242. The Balaban J connectivity index is 1.23. The molecule has 0 bridgehead atoms. The average Bonchev–Trinajstić information content (AvgIpc) is 3.36. The molecule has 6 rings (SSSR count). The van der Waals surface area contributed by atoms with E-state index in [0.717, 1.165) is 74.4 Å². The van der Waals surface area contributed by atoms with E-state index in [0.29, 0.717) is 29.6 Å². The first kappa shape index (κ1) is 24.5. The number of fused-ring (bicyclic) bond motifs is 2. The van der Waals surface area contributed by atoms with E-state index in [1.807, 2.05) is 30.9 Å². The lowest BCUT2D eigenvalue weighted by molar-refractivity contribution is 0.0917. The van der Waals surface area contributed by atoms with E-state index in [1.54, 1.807) is 10.8 Å². The summed E-state index contributed by atoms with van der Waals surface area (Å²) in [6.07, 6.45) is 11.4. The molecule has 2 fully saturated rings. The largest absolute Gasteiger partial charge is 0.348 e. The summed E-state index contributed by atoms with van der Waals surface area (Å²) in [5.74, 6) is 2.88. The lowest BCUT2D eigenvalue weighted by atomic mass is 9.90. The molecule has 1 saturated carbocycles. The predicted molar refractivity (Wildman–Crippen MR) is 145 cm³/mol. The maximum atomic E-state index is 13.8. The summed E-state index contributed by atoms with van der Waals surface area (Å²) in [6, 6.07) is 1.77. The summed E-state index contributed by atoms with van der Waals surface area (Å²) in [5.41, 5.74) is 1.43. The summed E-state index contributed by atoms with van der Waals surface area (Å²) >= 11 is 1.91. The molecule has 3 aromatic rings. The van der Waals surface area contributed by atoms with Crippen molar-refractivity contribution in [2.24, 2.45) is 0 Å². The molecule has 1 aliphatic carbocycles. The van der Waals surface area contributed by atoms with Gasteiger partial charge in [-0.25, -0.2) is 14.8 Å². The van der Waals surface area contributed by atoms with Gasteiger partial charge < -0.3 is 9.88 Å². The van der Waals surface area contributed by atoms with Gasteiger partial charge in [-0.1, -0.05) is 0 Å². The third kappa shape index (κ3) is 4.64. The molecular weight excluding hydrogens is 488 g/mol. The van der Waals surface area contributed by atoms with Crippen LogP contribution in [0.15, 0.2) is 28.0 Å². The molecule has 0 unspecified atom stereocenters. The van der Waals surface area contributed by atoms with Crippen molar-refractivity contribution in [3.63, 3.8) is 0 Å². The van der Waals surface area contributed by atoms with Crippen molar-refractivity contribution in [3.8, 4) is 0 Å². The molecule has 2 aliphatic heterocycles. The maximum absolute atomic E-state index is 13.8. The molecule has 3 aromatic heterocycles. The van der Waals surface area contributed by atoms with Gasteiger partial charge in [0.15, 0.2) is 0 Å². The molecule has 10 heteroatoms. The number of nitrogens with zero attached hydrogens (tertiary/aromatic N) is 5. The molecule has 0 atom stereocenters. The third-order valence-electron chi connectivity index (χ3n) is 8.19. The fraction of sp³-hybridized carbons (Fsp3) is 0.593. The number of thioether (sulfide) groups is 1. The monoisotopic (exact) mass is 522 g/mol. The number of aryl methyl sites for hydroxylation is 3. The van der Waals surface area contributed by atoms with E-state index in [2.05, 4.69) is 19.9 Å². The van der Waals surface area contributed by atoms with Gasteiger partial charge in [-0.2, -0.15) is 11.8 Å². The molecule has 0 aromatic carbocycles. The number of nitrogens with one attached hydrogen (secondary N) is 1. The minimum Gasteiger partial charge on any atom is -0.348 e. The van der Waals surface area contributed by atoms with Crippen molar-refractivity contribution in [2.45, 2.75) is 89.4 Å². The van der Waals surface area contributed by atoms with Crippen molar-refractivity contribution >= 4 is 28.7 Å². The van der Waals surface area contributed by atoms with E-state index in [9.17, 15) is 14.4 Å². The van der Waals surface area contributed by atoms with Gasteiger partial charge in [0.25, 0.3) is 11.5 Å². The van der Waals surface area contributed by atoms with Crippen molar-refractivity contribution < 1.29 is 4.79 Å². The summed E-state index contributed by atoms with van der Waals surface area (Å²) < 4.78 is 5.38. The zero-order valence-corrected chi connectivity index (χ0v) is 22.1. The summed E-state index contributed by atoms with van der Waals surface area (Å²) in [7, 11) is 0. The van der Waals surface area contributed by atoms with E-state index >= 15 is 0 Å². The molecule has 5 heterocycles. The number of amides is 1. The van der Waals surface area contributed by atoms with Gasteiger partial charge in [0.05, 0.1) is 5.39 Å². The van der Waals surface area contributed by atoms with Gasteiger partial charge >= 0.3 is 5.69 Å². The van der Waals surface area contributed by atoms with Crippen molar-refractivity contribution in [1.29, 1.82) is 0 Å². The quantitative estimate of drug-likeness (QED) is 0.563. The summed E-state index contributed by atoms with van der Waals surface area (Å²) in [6.45, 7) is 2.85. The second-order valence-corrected chi connectivity index (χ2v) is 12.0. The van der Waals surface area contributed by atoms with Crippen LogP contribution in [0.5, 0.6) is 0 Å². The zero-order chi connectivity index (χ0) is 25.5. The number of rotatable bonds is 4. The Morgan fingerprint density at radius 1 is 1.03 bits per heavy atom. The van der Waals surface area contributed by atoms with Crippen LogP contribution in [0.3, 0.4) is 0 Å². The van der Waals surface area contributed by atoms with Gasteiger partial charge in [0, 0.05) is 43.5 Å². The van der Waals surface area contributed by atoms with Crippen LogP contribution in [0, 0.1) is 6.92 Å². The lowest BCUT2D eigenvalue weighted by Gasteiger charge is -2.31. The zero-order valence-electron chi connectivity index (χ0n) is 21.3. The second kappa shape index (κ2) is 10.1. The Labute approximate surface area is 219 Å². The molecule has 3 aliphatic rings. The first-order chi connectivity index (χ1) is 18.0. The fourth-order valence-corrected chi connectivity index (χ4v) is 7.27. The van der Waals surface area contributed by atoms with Gasteiger partial charge in [-0.3, -0.25) is 18.7 Å². The van der Waals surface area contributed by atoms with Crippen molar-refractivity contribution in [2.75, 3.05) is 11.5 Å². The van der Waals surface area contributed by atoms with Gasteiger partial charge in [-0.05, 0) is 81.4 Å². The molecule has 9 nitrogen and oxygen atoms in total. The van der Waals surface area contributed by atoms with E-state index in [-0.39, 0.29) is 35.3 Å². The summed E-state index contributed by atoms with van der Waals surface area (Å²) in [4.78, 5) is 49.4. The molecule has 1 amide bonds. The Morgan fingerprint density at radius 3 is 2.54 bits per heavy atom. The van der Waals surface area contributed by atoms with Crippen LogP contribution in [-0.2, 0) is 13.0 Å². The number of hydrogen-bond acceptors (Lipinski definition) is 6. The Hall–Kier alpha value is -2.88. The number of carbonyl (C=O) groups excluding carboxylic acids is 1. The molecule has 1 N–H and O–H groups in total.